The highest BCUT2D eigenvalue weighted by molar-refractivity contribution is 6.33. The summed E-state index contributed by atoms with van der Waals surface area (Å²) in [5.41, 5.74) is 5.52. The summed E-state index contributed by atoms with van der Waals surface area (Å²) in [5, 5.41) is 21.8. The topological polar surface area (TPSA) is 0 Å². The Kier molecular flexibility index (Phi) is 4.66. The van der Waals surface area contributed by atoms with Crippen LogP contribution in [0.2, 0.25) is 0 Å². The van der Waals surface area contributed by atoms with E-state index in [1.54, 1.807) is 0 Å². The van der Waals surface area contributed by atoms with Crippen molar-refractivity contribution in [2.75, 3.05) is 0 Å². The molecular weight excluding hydrogens is 553 g/mol. The van der Waals surface area contributed by atoms with Crippen LogP contribution in [0, 0.1) is 0 Å². The van der Waals surface area contributed by atoms with Crippen molar-refractivity contribution in [3.05, 3.63) is 158 Å². The molecule has 0 aromatic heterocycles. The number of rotatable bonds is 0. The van der Waals surface area contributed by atoms with Gasteiger partial charge < -0.3 is 0 Å². The first kappa shape index (κ1) is 24.4. The second-order valence-corrected chi connectivity index (χ2v) is 12.8. The first-order valence-corrected chi connectivity index (χ1v) is 16.1. The van der Waals surface area contributed by atoms with Crippen LogP contribution in [0.15, 0.2) is 158 Å². The van der Waals surface area contributed by atoms with Crippen LogP contribution in [0.25, 0.3) is 108 Å². The first-order valence-electron chi connectivity index (χ1n) is 16.1. The molecule has 0 bridgehead atoms. The molecule has 0 unspecified atom stereocenters. The van der Waals surface area contributed by atoms with Gasteiger partial charge >= 0.3 is 0 Å². The quantitative estimate of drug-likeness (QED) is 0.124. The molecule has 0 spiro atoms. The zero-order valence-corrected chi connectivity index (χ0v) is 25.0. The van der Waals surface area contributed by atoms with Crippen LogP contribution in [-0.2, 0) is 0 Å². The monoisotopic (exact) mass is 578 g/mol. The normalized spacial score (nSPS) is 12.3. The molecule has 0 amide bonds. The van der Waals surface area contributed by atoms with E-state index in [4.69, 9.17) is 0 Å². The van der Waals surface area contributed by atoms with E-state index in [0.29, 0.717) is 0 Å². The Morgan fingerprint density at radius 2 is 0.674 bits per heavy atom. The molecule has 0 N–H and O–H groups in total. The molecule has 0 radical (unpaired) electrons. The van der Waals surface area contributed by atoms with Crippen molar-refractivity contribution in [3.8, 4) is 22.3 Å². The second kappa shape index (κ2) is 8.81. The number of hydrogen-bond acceptors (Lipinski definition) is 0. The van der Waals surface area contributed by atoms with Crippen molar-refractivity contribution in [2.45, 2.75) is 0 Å². The van der Waals surface area contributed by atoms with Crippen molar-refractivity contribution in [3.63, 3.8) is 0 Å². The summed E-state index contributed by atoms with van der Waals surface area (Å²) in [6.07, 6.45) is 0. The molecule has 0 saturated heterocycles. The molecule has 1 aliphatic carbocycles. The van der Waals surface area contributed by atoms with Crippen LogP contribution in [0.1, 0.15) is 0 Å². The molecule has 0 heterocycles. The minimum absolute atomic E-state index is 1.31. The Morgan fingerprint density at radius 1 is 0.196 bits per heavy atom. The molecule has 0 aliphatic heterocycles. The third-order valence-corrected chi connectivity index (χ3v) is 10.5. The molecule has 0 fully saturated rings. The van der Waals surface area contributed by atoms with Crippen molar-refractivity contribution in [2.24, 2.45) is 0 Å². The predicted octanol–water partition coefficient (Wildman–Crippen LogP) is 13.1. The average Bonchev–Trinajstić information content (AvgIpc) is 3.44. The molecule has 0 nitrogen and oxygen atoms in total. The Morgan fingerprint density at radius 3 is 1.35 bits per heavy atom. The van der Waals surface area contributed by atoms with Gasteiger partial charge in [-0.25, -0.2) is 0 Å². The third-order valence-electron chi connectivity index (χ3n) is 10.5. The van der Waals surface area contributed by atoms with E-state index in [1.165, 1.54) is 108 Å². The molecule has 0 heteroatoms. The van der Waals surface area contributed by atoms with Gasteiger partial charge in [0.05, 0.1) is 0 Å². The van der Waals surface area contributed by atoms with Crippen LogP contribution >= 0.6 is 0 Å². The van der Waals surface area contributed by atoms with Gasteiger partial charge in [0.25, 0.3) is 0 Å². The Bertz CT molecular complexity index is 2910. The fraction of sp³-hybridized carbons (Fsp3) is 0. The SMILES string of the molecule is c1ccc2c(c1)-c1ccc3ccc4cccc5cc-2c1c3c45.c1ccc2c(c1)cc1ccc3cc4ccccc4c4ccc2c1c34. The number of fused-ring (bicyclic) bond motifs is 7. The lowest BCUT2D eigenvalue weighted by Crippen LogP contribution is -1.87. The number of hydrogen-bond donors (Lipinski definition) is 0. The predicted molar refractivity (Wildman–Crippen MR) is 200 cm³/mol. The summed E-state index contributed by atoms with van der Waals surface area (Å²) < 4.78 is 0. The van der Waals surface area contributed by atoms with E-state index in [1.807, 2.05) is 0 Å². The van der Waals surface area contributed by atoms with Crippen LogP contribution in [0.4, 0.5) is 0 Å². The largest absolute Gasteiger partial charge is 0.0616 e. The van der Waals surface area contributed by atoms with Crippen LogP contribution < -0.4 is 0 Å². The third kappa shape index (κ3) is 3.13. The van der Waals surface area contributed by atoms with E-state index in [9.17, 15) is 0 Å². The van der Waals surface area contributed by atoms with Crippen molar-refractivity contribution in [1.29, 1.82) is 0 Å². The van der Waals surface area contributed by atoms with Gasteiger partial charge in [-0.1, -0.05) is 140 Å². The summed E-state index contributed by atoms with van der Waals surface area (Å²) in [7, 11) is 0. The van der Waals surface area contributed by atoms with E-state index in [2.05, 4.69) is 158 Å². The molecule has 1 aliphatic rings. The minimum atomic E-state index is 1.31. The molecule has 12 rings (SSSR count). The summed E-state index contributed by atoms with van der Waals surface area (Å²) in [5.74, 6) is 0. The van der Waals surface area contributed by atoms with Crippen molar-refractivity contribution >= 4 is 86.2 Å². The Hall–Kier alpha value is -5.98. The van der Waals surface area contributed by atoms with Gasteiger partial charge in [0.1, 0.15) is 0 Å². The van der Waals surface area contributed by atoms with Gasteiger partial charge in [0.15, 0.2) is 0 Å². The van der Waals surface area contributed by atoms with Crippen molar-refractivity contribution in [1.82, 2.24) is 0 Å². The van der Waals surface area contributed by atoms with E-state index < -0.39 is 0 Å². The van der Waals surface area contributed by atoms with Crippen LogP contribution in [0.3, 0.4) is 0 Å². The Balaban J connectivity index is 0.000000114. The zero-order valence-electron chi connectivity index (χ0n) is 25.0. The van der Waals surface area contributed by atoms with E-state index in [-0.39, 0.29) is 0 Å². The van der Waals surface area contributed by atoms with Gasteiger partial charge in [-0.15, -0.1) is 0 Å². The lowest BCUT2D eigenvalue weighted by Gasteiger charge is -2.14. The second-order valence-electron chi connectivity index (χ2n) is 12.8. The standard InChI is InChI=1S/C24H14.C22H12/c1-3-7-19-15(5-1)13-17-9-10-18-14-16-6-2-4-8-20(16)22-12-11-21(19)23(17)24(18)22;1-2-7-17-16(6-1)18-11-10-14-9-8-13-4-3-5-15-12-19(17)22(18)21(14)20(13)15/h1-14H;1-12H. The minimum Gasteiger partial charge on any atom is -0.0616 e. The first-order chi connectivity index (χ1) is 22.8. The van der Waals surface area contributed by atoms with Crippen molar-refractivity contribution < 1.29 is 0 Å². The maximum atomic E-state index is 2.37. The zero-order chi connectivity index (χ0) is 29.9. The lowest BCUT2D eigenvalue weighted by atomic mass is 9.89. The Labute approximate surface area is 265 Å². The molecule has 0 atom stereocenters. The summed E-state index contributed by atoms with van der Waals surface area (Å²) in [6.45, 7) is 0. The number of benzene rings is 11. The van der Waals surface area contributed by atoms with Crippen LogP contribution in [0.5, 0.6) is 0 Å². The van der Waals surface area contributed by atoms with E-state index >= 15 is 0 Å². The fourth-order valence-corrected chi connectivity index (χ4v) is 8.55. The molecule has 11 aromatic carbocycles. The maximum Gasteiger partial charge on any atom is -0.00137 e. The molecule has 46 heavy (non-hydrogen) atoms. The molecule has 11 aromatic rings. The summed E-state index contributed by atoms with van der Waals surface area (Å²) in [6, 6.07) is 58.0. The molecular formula is C46H26. The molecule has 0 saturated carbocycles. The van der Waals surface area contributed by atoms with E-state index in [0.717, 1.165) is 0 Å². The van der Waals surface area contributed by atoms with Gasteiger partial charge in [-0.2, -0.15) is 0 Å². The fourth-order valence-electron chi connectivity index (χ4n) is 8.55. The summed E-state index contributed by atoms with van der Waals surface area (Å²) >= 11 is 0. The summed E-state index contributed by atoms with van der Waals surface area (Å²) in [4.78, 5) is 0. The highest BCUT2D eigenvalue weighted by atomic mass is 14.3. The highest BCUT2D eigenvalue weighted by Crippen LogP contribution is 2.51. The van der Waals surface area contributed by atoms with Gasteiger partial charge in [-0.05, 0) is 127 Å². The van der Waals surface area contributed by atoms with Gasteiger partial charge in [-0.3, -0.25) is 0 Å². The van der Waals surface area contributed by atoms with Gasteiger partial charge in [0, 0.05) is 0 Å². The lowest BCUT2D eigenvalue weighted by molar-refractivity contribution is 1.70. The van der Waals surface area contributed by atoms with Crippen LogP contribution in [-0.4, -0.2) is 0 Å². The average molecular weight is 579 g/mol. The van der Waals surface area contributed by atoms with Gasteiger partial charge in [0.2, 0.25) is 0 Å². The maximum absolute atomic E-state index is 2.37. The highest BCUT2D eigenvalue weighted by Gasteiger charge is 2.23. The molecule has 210 valence electrons. The smallest absolute Gasteiger partial charge is 0.00137 e.